The van der Waals surface area contributed by atoms with Gasteiger partial charge in [0.25, 0.3) is 0 Å². The second kappa shape index (κ2) is 4.32. The number of H-pyrrole nitrogens is 1. The third-order valence-electron chi connectivity index (χ3n) is 1.99. The van der Waals surface area contributed by atoms with Crippen molar-refractivity contribution in [2.75, 3.05) is 12.0 Å². The van der Waals surface area contributed by atoms with Crippen LogP contribution in [0.2, 0.25) is 0 Å². The van der Waals surface area contributed by atoms with E-state index >= 15 is 0 Å². The van der Waals surface area contributed by atoms with Crippen molar-refractivity contribution in [1.29, 1.82) is 0 Å². The molecule has 0 aliphatic rings. The maximum atomic E-state index is 4.29. The van der Waals surface area contributed by atoms with Gasteiger partial charge in [0, 0.05) is 24.7 Å². The number of aromatic nitrogens is 4. The van der Waals surface area contributed by atoms with E-state index in [1.165, 1.54) is 0 Å². The Morgan fingerprint density at radius 3 is 3.21 bits per heavy atom. The average molecular weight is 208 g/mol. The largest absolute Gasteiger partial charge is 0.342 e. The Morgan fingerprint density at radius 2 is 2.50 bits per heavy atom. The molecule has 2 heterocycles. The van der Waals surface area contributed by atoms with Crippen LogP contribution < -0.4 is 0 Å². The van der Waals surface area contributed by atoms with Crippen LogP contribution in [-0.2, 0) is 6.54 Å². The maximum absolute atomic E-state index is 4.29. The number of aryl methyl sites for hydroxylation is 1. The quantitative estimate of drug-likeness (QED) is 0.830. The molecule has 0 radical (unpaired) electrons. The first-order chi connectivity index (χ1) is 6.92. The zero-order valence-electron chi connectivity index (χ0n) is 7.97. The lowest BCUT2D eigenvalue weighted by molar-refractivity contribution is 0.778. The van der Waals surface area contributed by atoms with Crippen LogP contribution in [0.25, 0.3) is 11.5 Å². The predicted octanol–water partition coefficient (Wildman–Crippen LogP) is 1.64. The van der Waals surface area contributed by atoms with Gasteiger partial charge in [-0.2, -0.15) is 11.8 Å². The van der Waals surface area contributed by atoms with Gasteiger partial charge < -0.3 is 9.55 Å². The Balaban J connectivity index is 2.22. The van der Waals surface area contributed by atoms with Gasteiger partial charge in [0.1, 0.15) is 5.69 Å². The molecule has 74 valence electrons. The number of hydrogen-bond acceptors (Lipinski definition) is 3. The van der Waals surface area contributed by atoms with Crippen molar-refractivity contribution < 1.29 is 0 Å². The Hall–Kier alpha value is -1.23. The van der Waals surface area contributed by atoms with Crippen molar-refractivity contribution in [3.8, 4) is 11.5 Å². The van der Waals surface area contributed by atoms with E-state index in [0.717, 1.165) is 23.8 Å². The summed E-state index contributed by atoms with van der Waals surface area (Å²) in [6, 6.07) is 0. The van der Waals surface area contributed by atoms with E-state index < -0.39 is 0 Å². The normalized spacial score (nSPS) is 10.6. The van der Waals surface area contributed by atoms with E-state index in [-0.39, 0.29) is 0 Å². The molecule has 0 aliphatic heterocycles. The summed E-state index contributed by atoms with van der Waals surface area (Å²) in [4.78, 5) is 11.3. The molecule has 0 saturated heterocycles. The molecular formula is C9H12N4S. The van der Waals surface area contributed by atoms with Gasteiger partial charge in [-0.05, 0) is 6.26 Å². The van der Waals surface area contributed by atoms with Gasteiger partial charge in [0.2, 0.25) is 0 Å². The Morgan fingerprint density at radius 1 is 1.57 bits per heavy atom. The topological polar surface area (TPSA) is 46.5 Å². The zero-order chi connectivity index (χ0) is 9.80. The first-order valence-corrected chi connectivity index (χ1v) is 5.80. The summed E-state index contributed by atoms with van der Waals surface area (Å²) in [5.41, 5.74) is 0.969. The molecule has 0 bridgehead atoms. The monoisotopic (exact) mass is 208 g/mol. The SMILES string of the molecule is CSCCn1ccnc1-c1cnc[nH]1. The minimum absolute atomic E-state index is 0.955. The van der Waals surface area contributed by atoms with E-state index in [9.17, 15) is 0 Å². The third-order valence-corrected chi connectivity index (χ3v) is 2.58. The molecular weight excluding hydrogens is 196 g/mol. The number of thioether (sulfide) groups is 1. The molecule has 4 nitrogen and oxygen atoms in total. The lowest BCUT2D eigenvalue weighted by atomic mass is 10.4. The third kappa shape index (κ3) is 1.82. The lowest BCUT2D eigenvalue weighted by Crippen LogP contribution is -2.01. The van der Waals surface area contributed by atoms with Gasteiger partial charge >= 0.3 is 0 Å². The number of rotatable bonds is 4. The first kappa shape index (κ1) is 9.33. The fourth-order valence-corrected chi connectivity index (χ4v) is 1.68. The molecule has 5 heteroatoms. The molecule has 0 aliphatic carbocycles. The molecule has 2 aromatic rings. The minimum atomic E-state index is 0.955. The molecule has 1 N–H and O–H groups in total. The van der Waals surface area contributed by atoms with E-state index in [1.807, 2.05) is 24.2 Å². The second-order valence-corrected chi connectivity index (χ2v) is 3.89. The number of imidazole rings is 2. The van der Waals surface area contributed by atoms with Crippen molar-refractivity contribution in [3.63, 3.8) is 0 Å². The van der Waals surface area contributed by atoms with Crippen molar-refractivity contribution in [3.05, 3.63) is 24.9 Å². The van der Waals surface area contributed by atoms with Crippen molar-refractivity contribution in [1.82, 2.24) is 19.5 Å². The predicted molar refractivity (Wildman–Crippen MR) is 58.2 cm³/mol. The van der Waals surface area contributed by atoms with Crippen molar-refractivity contribution in [2.24, 2.45) is 0 Å². The number of hydrogen-bond donors (Lipinski definition) is 1. The summed E-state index contributed by atoms with van der Waals surface area (Å²) in [5.74, 6) is 2.05. The van der Waals surface area contributed by atoms with Crippen LogP contribution in [0, 0.1) is 0 Å². The van der Waals surface area contributed by atoms with Gasteiger partial charge in [-0.3, -0.25) is 0 Å². The van der Waals surface area contributed by atoms with Crippen LogP contribution in [0.1, 0.15) is 0 Å². The average Bonchev–Trinajstić information content (AvgIpc) is 2.84. The highest BCUT2D eigenvalue weighted by Gasteiger charge is 2.05. The summed E-state index contributed by atoms with van der Waals surface area (Å²) in [5, 5.41) is 0. The fraction of sp³-hybridized carbons (Fsp3) is 0.333. The summed E-state index contributed by atoms with van der Waals surface area (Å²) in [6.45, 7) is 0.982. The van der Waals surface area contributed by atoms with E-state index in [0.29, 0.717) is 0 Å². The number of aromatic amines is 1. The zero-order valence-corrected chi connectivity index (χ0v) is 8.79. The summed E-state index contributed by atoms with van der Waals surface area (Å²) < 4.78 is 2.13. The Kier molecular flexibility index (Phi) is 2.88. The lowest BCUT2D eigenvalue weighted by Gasteiger charge is -2.04. The Bertz CT molecular complexity index is 379. The van der Waals surface area contributed by atoms with Crippen LogP contribution in [-0.4, -0.2) is 31.5 Å². The van der Waals surface area contributed by atoms with E-state index in [2.05, 4.69) is 25.8 Å². The van der Waals surface area contributed by atoms with Gasteiger partial charge in [0.05, 0.1) is 12.5 Å². The molecule has 0 saturated carbocycles. The molecule has 0 fully saturated rings. The summed E-state index contributed by atoms with van der Waals surface area (Å²) in [7, 11) is 0. The Labute approximate surface area is 86.8 Å². The van der Waals surface area contributed by atoms with Crippen molar-refractivity contribution >= 4 is 11.8 Å². The van der Waals surface area contributed by atoms with Crippen LogP contribution in [0.3, 0.4) is 0 Å². The van der Waals surface area contributed by atoms with Gasteiger partial charge in [-0.15, -0.1) is 0 Å². The molecule has 14 heavy (non-hydrogen) atoms. The standard InChI is InChI=1S/C9H12N4S/c1-14-5-4-13-3-2-11-9(13)8-6-10-7-12-8/h2-3,6-7H,4-5H2,1H3,(H,10,12). The van der Waals surface area contributed by atoms with E-state index in [1.54, 1.807) is 12.5 Å². The number of nitrogens with zero attached hydrogens (tertiary/aromatic N) is 3. The first-order valence-electron chi connectivity index (χ1n) is 4.40. The fourth-order valence-electron chi connectivity index (χ4n) is 1.30. The summed E-state index contributed by atoms with van der Waals surface area (Å²) >= 11 is 1.83. The van der Waals surface area contributed by atoms with Crippen LogP contribution in [0.5, 0.6) is 0 Å². The molecule has 0 unspecified atom stereocenters. The highest BCUT2D eigenvalue weighted by molar-refractivity contribution is 7.98. The van der Waals surface area contributed by atoms with Crippen LogP contribution in [0.4, 0.5) is 0 Å². The molecule has 0 atom stereocenters. The minimum Gasteiger partial charge on any atom is -0.342 e. The van der Waals surface area contributed by atoms with E-state index in [4.69, 9.17) is 0 Å². The highest BCUT2D eigenvalue weighted by Crippen LogP contribution is 2.13. The number of nitrogens with one attached hydrogen (secondary N) is 1. The van der Waals surface area contributed by atoms with Gasteiger partial charge in [-0.1, -0.05) is 0 Å². The van der Waals surface area contributed by atoms with Crippen LogP contribution >= 0.6 is 11.8 Å². The molecule has 0 aromatic carbocycles. The van der Waals surface area contributed by atoms with Crippen molar-refractivity contribution in [2.45, 2.75) is 6.54 Å². The van der Waals surface area contributed by atoms with Gasteiger partial charge in [-0.25, -0.2) is 9.97 Å². The van der Waals surface area contributed by atoms with Gasteiger partial charge in [0.15, 0.2) is 5.82 Å². The molecule has 2 rings (SSSR count). The second-order valence-electron chi connectivity index (χ2n) is 2.90. The highest BCUT2D eigenvalue weighted by atomic mass is 32.2. The molecule has 0 amide bonds. The molecule has 0 spiro atoms. The molecule has 2 aromatic heterocycles. The van der Waals surface area contributed by atoms with Crippen LogP contribution in [0.15, 0.2) is 24.9 Å². The summed E-state index contributed by atoms with van der Waals surface area (Å²) in [6.07, 6.45) is 9.37. The maximum Gasteiger partial charge on any atom is 0.158 e. The smallest absolute Gasteiger partial charge is 0.158 e.